The molecule has 16 heavy (non-hydrogen) atoms. The minimum Gasteiger partial charge on any atom is -0.385 e. The second-order valence-electron chi connectivity index (χ2n) is 3.42. The van der Waals surface area contributed by atoms with Crippen molar-refractivity contribution in [3.8, 4) is 0 Å². The molecule has 0 amide bonds. The van der Waals surface area contributed by atoms with E-state index in [-0.39, 0.29) is 11.9 Å². The van der Waals surface area contributed by atoms with Crippen LogP contribution in [0.1, 0.15) is 13.3 Å². The van der Waals surface area contributed by atoms with Gasteiger partial charge in [-0.05, 0) is 13.3 Å². The number of nitrogens with zero attached hydrogens (tertiary/aromatic N) is 1. The number of halogens is 3. The van der Waals surface area contributed by atoms with E-state index in [1.54, 1.807) is 14.0 Å². The molecule has 1 rings (SSSR count). The Bertz CT molecular complexity index is 360. The van der Waals surface area contributed by atoms with E-state index in [1.807, 2.05) is 0 Å². The van der Waals surface area contributed by atoms with E-state index >= 15 is 0 Å². The molecule has 90 valence electrons. The number of rotatable bonds is 5. The number of hydrogen-bond donors (Lipinski definition) is 1. The Hall–Kier alpha value is -1.30. The van der Waals surface area contributed by atoms with E-state index in [4.69, 9.17) is 4.74 Å². The van der Waals surface area contributed by atoms with E-state index in [9.17, 15) is 13.2 Å². The summed E-state index contributed by atoms with van der Waals surface area (Å²) in [5.74, 6) is -3.82. The summed E-state index contributed by atoms with van der Waals surface area (Å²) in [6.45, 7) is 2.25. The maximum atomic E-state index is 13.2. The quantitative estimate of drug-likeness (QED) is 0.794. The lowest BCUT2D eigenvalue weighted by Crippen LogP contribution is -2.19. The fourth-order valence-corrected chi connectivity index (χ4v) is 1.15. The van der Waals surface area contributed by atoms with Crippen LogP contribution in [-0.4, -0.2) is 24.7 Å². The van der Waals surface area contributed by atoms with Crippen molar-refractivity contribution in [3.63, 3.8) is 0 Å². The molecule has 0 fully saturated rings. The molecule has 1 aromatic heterocycles. The van der Waals surface area contributed by atoms with Crippen LogP contribution in [0.3, 0.4) is 0 Å². The van der Waals surface area contributed by atoms with Crippen molar-refractivity contribution >= 4 is 5.82 Å². The van der Waals surface area contributed by atoms with Crippen LogP contribution in [0.15, 0.2) is 6.07 Å². The van der Waals surface area contributed by atoms with Gasteiger partial charge in [-0.2, -0.15) is 9.37 Å². The van der Waals surface area contributed by atoms with E-state index in [0.717, 1.165) is 0 Å². The Kier molecular flexibility index (Phi) is 4.54. The maximum absolute atomic E-state index is 13.2. The van der Waals surface area contributed by atoms with Gasteiger partial charge in [0.15, 0.2) is 17.5 Å². The summed E-state index contributed by atoms with van der Waals surface area (Å²) in [7, 11) is 1.54. The highest BCUT2D eigenvalue weighted by molar-refractivity contribution is 5.37. The third-order valence-corrected chi connectivity index (χ3v) is 2.02. The SMILES string of the molecule is COCCC(C)Nc1nc(F)c(F)cc1F. The molecule has 0 aliphatic heterocycles. The predicted octanol–water partition coefficient (Wildman–Crippen LogP) is 2.34. The lowest BCUT2D eigenvalue weighted by molar-refractivity contribution is 0.191. The molecular weight excluding hydrogens is 221 g/mol. The topological polar surface area (TPSA) is 34.1 Å². The van der Waals surface area contributed by atoms with Crippen LogP contribution in [0.2, 0.25) is 0 Å². The van der Waals surface area contributed by atoms with Gasteiger partial charge in [0.25, 0.3) is 5.95 Å². The summed E-state index contributed by atoms with van der Waals surface area (Å²) >= 11 is 0. The van der Waals surface area contributed by atoms with Gasteiger partial charge in [-0.15, -0.1) is 0 Å². The van der Waals surface area contributed by atoms with Crippen LogP contribution in [0.4, 0.5) is 19.0 Å². The highest BCUT2D eigenvalue weighted by Gasteiger charge is 2.13. The van der Waals surface area contributed by atoms with Crippen molar-refractivity contribution in [1.82, 2.24) is 4.98 Å². The smallest absolute Gasteiger partial charge is 0.251 e. The number of pyridine rings is 1. The molecule has 1 atom stereocenters. The fourth-order valence-electron chi connectivity index (χ4n) is 1.15. The molecule has 3 nitrogen and oxygen atoms in total. The lowest BCUT2D eigenvalue weighted by Gasteiger charge is -2.14. The standard InChI is InChI=1S/C10H13F3N2O/c1-6(3-4-16-2)14-10-8(12)5-7(11)9(13)15-10/h5-6H,3-4H2,1-2H3,(H,14,15). The predicted molar refractivity (Wildman–Crippen MR) is 53.7 cm³/mol. The van der Waals surface area contributed by atoms with Gasteiger partial charge >= 0.3 is 0 Å². The third-order valence-electron chi connectivity index (χ3n) is 2.02. The number of aromatic nitrogens is 1. The second-order valence-corrected chi connectivity index (χ2v) is 3.42. The minimum absolute atomic E-state index is 0.146. The Morgan fingerprint density at radius 2 is 2.06 bits per heavy atom. The Balaban J connectivity index is 2.69. The highest BCUT2D eigenvalue weighted by Crippen LogP contribution is 2.15. The lowest BCUT2D eigenvalue weighted by atomic mass is 10.2. The van der Waals surface area contributed by atoms with Gasteiger partial charge in [-0.3, -0.25) is 0 Å². The molecule has 1 unspecified atom stereocenters. The van der Waals surface area contributed by atoms with Crippen molar-refractivity contribution in [2.24, 2.45) is 0 Å². The molecule has 0 saturated heterocycles. The molecule has 0 aliphatic carbocycles. The molecular formula is C10H13F3N2O. The molecule has 0 radical (unpaired) electrons. The van der Waals surface area contributed by atoms with Crippen molar-refractivity contribution < 1.29 is 17.9 Å². The molecule has 0 spiro atoms. The molecule has 0 saturated carbocycles. The first-order valence-corrected chi connectivity index (χ1v) is 4.81. The third kappa shape index (κ3) is 3.37. The Morgan fingerprint density at radius 1 is 1.38 bits per heavy atom. The van der Waals surface area contributed by atoms with E-state index < -0.39 is 17.6 Å². The average molecular weight is 234 g/mol. The zero-order valence-electron chi connectivity index (χ0n) is 9.06. The number of anilines is 1. The van der Waals surface area contributed by atoms with Gasteiger partial charge in [0.05, 0.1) is 0 Å². The molecule has 1 heterocycles. The zero-order valence-corrected chi connectivity index (χ0v) is 9.06. The molecule has 0 aliphatic rings. The van der Waals surface area contributed by atoms with Gasteiger partial charge in [-0.25, -0.2) is 8.78 Å². The fraction of sp³-hybridized carbons (Fsp3) is 0.500. The summed E-state index contributed by atoms with van der Waals surface area (Å²) in [5.41, 5.74) is 0. The molecule has 0 bridgehead atoms. The summed E-state index contributed by atoms with van der Waals surface area (Å²) in [6.07, 6.45) is 0.608. The summed E-state index contributed by atoms with van der Waals surface area (Å²) in [4.78, 5) is 3.15. The van der Waals surface area contributed by atoms with Gasteiger partial charge in [0.1, 0.15) is 0 Å². The van der Waals surface area contributed by atoms with Crippen molar-refractivity contribution in [2.45, 2.75) is 19.4 Å². The largest absolute Gasteiger partial charge is 0.385 e. The Morgan fingerprint density at radius 3 is 2.69 bits per heavy atom. The van der Waals surface area contributed by atoms with E-state index in [0.29, 0.717) is 19.1 Å². The van der Waals surface area contributed by atoms with Crippen LogP contribution >= 0.6 is 0 Å². The molecule has 0 aromatic carbocycles. The van der Waals surface area contributed by atoms with Crippen molar-refractivity contribution in [2.75, 3.05) is 19.0 Å². The van der Waals surface area contributed by atoms with Crippen molar-refractivity contribution in [1.29, 1.82) is 0 Å². The first-order valence-electron chi connectivity index (χ1n) is 4.81. The van der Waals surface area contributed by atoms with Gasteiger partial charge < -0.3 is 10.1 Å². The number of nitrogens with one attached hydrogen (secondary N) is 1. The van der Waals surface area contributed by atoms with E-state index in [2.05, 4.69) is 10.3 Å². The second kappa shape index (κ2) is 5.69. The number of methoxy groups -OCH3 is 1. The van der Waals surface area contributed by atoms with Gasteiger partial charge in [0.2, 0.25) is 0 Å². The summed E-state index contributed by atoms with van der Waals surface area (Å²) in [5, 5.41) is 2.64. The van der Waals surface area contributed by atoms with Gasteiger partial charge in [-0.1, -0.05) is 0 Å². The van der Waals surface area contributed by atoms with Crippen molar-refractivity contribution in [3.05, 3.63) is 23.6 Å². The average Bonchev–Trinajstić information content (AvgIpc) is 2.23. The zero-order chi connectivity index (χ0) is 12.1. The minimum atomic E-state index is -1.32. The highest BCUT2D eigenvalue weighted by atomic mass is 19.2. The van der Waals surface area contributed by atoms with Crippen LogP contribution in [0, 0.1) is 17.6 Å². The Labute approximate surface area is 91.6 Å². The molecule has 6 heteroatoms. The molecule has 1 aromatic rings. The van der Waals surface area contributed by atoms with E-state index in [1.165, 1.54) is 0 Å². The summed E-state index contributed by atoms with van der Waals surface area (Å²) in [6, 6.07) is 0.320. The summed E-state index contributed by atoms with van der Waals surface area (Å²) < 4.78 is 43.3. The first kappa shape index (κ1) is 12.8. The van der Waals surface area contributed by atoms with Crippen LogP contribution in [0.25, 0.3) is 0 Å². The molecule has 1 N–H and O–H groups in total. The van der Waals surface area contributed by atoms with Crippen LogP contribution in [0.5, 0.6) is 0 Å². The van der Waals surface area contributed by atoms with Crippen LogP contribution in [-0.2, 0) is 4.74 Å². The number of hydrogen-bond acceptors (Lipinski definition) is 3. The normalized spacial score (nSPS) is 12.6. The maximum Gasteiger partial charge on any atom is 0.251 e. The van der Waals surface area contributed by atoms with Gasteiger partial charge in [0, 0.05) is 25.8 Å². The monoisotopic (exact) mass is 234 g/mol. The first-order chi connectivity index (χ1) is 7.54. The number of ether oxygens (including phenoxy) is 1. The van der Waals surface area contributed by atoms with Crippen LogP contribution < -0.4 is 5.32 Å².